The number of rotatable bonds is 13. The smallest absolute Gasteiger partial charge is 0.313 e. The Balaban J connectivity index is 2.36. The molecule has 0 spiro atoms. The fourth-order valence-electron chi connectivity index (χ4n) is 2.08. The molecule has 0 fully saturated rings. The molecule has 0 aliphatic carbocycles. The average Bonchev–Trinajstić information content (AvgIpc) is 2.62. The SMILES string of the molecule is CCOC(OCC)OCCCCOC(=O)CC(=O)c1c(F)cc(F)c(F)c1F. The van der Waals surface area contributed by atoms with Crippen molar-refractivity contribution in [1.29, 1.82) is 0 Å². The number of carbonyl (C=O) groups is 2. The minimum atomic E-state index is -1.99. The van der Waals surface area contributed by atoms with Crippen LogP contribution in [0.4, 0.5) is 17.6 Å². The van der Waals surface area contributed by atoms with Gasteiger partial charge in [0.2, 0.25) is 0 Å². The van der Waals surface area contributed by atoms with Crippen LogP contribution in [0, 0.1) is 23.3 Å². The summed E-state index contributed by atoms with van der Waals surface area (Å²) in [5.41, 5.74) is -1.32. The summed E-state index contributed by atoms with van der Waals surface area (Å²) in [6.07, 6.45) is -0.130. The number of carbonyl (C=O) groups excluding carboxylic acids is 2. The largest absolute Gasteiger partial charge is 0.465 e. The molecule has 1 rings (SSSR count). The van der Waals surface area contributed by atoms with E-state index in [1.165, 1.54) is 0 Å². The molecule has 1 aromatic carbocycles. The maximum Gasteiger partial charge on any atom is 0.313 e. The Morgan fingerprint density at radius 1 is 0.893 bits per heavy atom. The number of unbranched alkanes of at least 4 members (excludes halogenated alkanes) is 1. The van der Waals surface area contributed by atoms with Crippen molar-refractivity contribution in [3.8, 4) is 0 Å². The highest BCUT2D eigenvalue weighted by Gasteiger charge is 2.26. The maximum atomic E-state index is 13.5. The van der Waals surface area contributed by atoms with Crippen molar-refractivity contribution in [2.75, 3.05) is 26.4 Å². The average molecular weight is 410 g/mol. The summed E-state index contributed by atoms with van der Waals surface area (Å²) in [5.74, 6) is -9.73. The lowest BCUT2D eigenvalue weighted by Crippen LogP contribution is -2.22. The maximum absolute atomic E-state index is 13.5. The minimum Gasteiger partial charge on any atom is -0.465 e. The van der Waals surface area contributed by atoms with Crippen molar-refractivity contribution in [2.45, 2.75) is 39.6 Å². The Kier molecular flexibility index (Phi) is 10.6. The molecule has 0 atom stereocenters. The van der Waals surface area contributed by atoms with E-state index in [1.54, 1.807) is 13.8 Å². The molecule has 0 bridgehead atoms. The number of Topliss-reactive ketones (excluding diaryl/α,β-unsaturated/α-hetero) is 1. The zero-order valence-electron chi connectivity index (χ0n) is 15.6. The molecule has 0 aliphatic rings. The molecule has 158 valence electrons. The number of ketones is 1. The predicted molar refractivity (Wildman–Crippen MR) is 88.4 cm³/mol. The third kappa shape index (κ3) is 7.53. The second-order valence-electron chi connectivity index (χ2n) is 5.44. The molecular formula is C18H22F4O6. The van der Waals surface area contributed by atoms with Gasteiger partial charge in [-0.2, -0.15) is 0 Å². The van der Waals surface area contributed by atoms with E-state index < -0.39 is 53.5 Å². The van der Waals surface area contributed by atoms with Gasteiger partial charge in [-0.3, -0.25) is 9.59 Å². The van der Waals surface area contributed by atoms with Crippen molar-refractivity contribution in [1.82, 2.24) is 0 Å². The normalized spacial score (nSPS) is 11.1. The summed E-state index contributed by atoms with van der Waals surface area (Å²) in [7, 11) is 0. The van der Waals surface area contributed by atoms with Gasteiger partial charge in [-0.05, 0) is 26.7 Å². The fraction of sp³-hybridized carbons (Fsp3) is 0.556. The zero-order valence-corrected chi connectivity index (χ0v) is 15.6. The van der Waals surface area contributed by atoms with Gasteiger partial charge in [-0.25, -0.2) is 17.6 Å². The number of hydrogen-bond acceptors (Lipinski definition) is 6. The summed E-state index contributed by atoms with van der Waals surface area (Å²) < 4.78 is 73.5. The molecule has 0 saturated carbocycles. The van der Waals surface area contributed by atoms with Crippen LogP contribution >= 0.6 is 0 Å². The lowest BCUT2D eigenvalue weighted by atomic mass is 10.1. The number of ether oxygens (including phenoxy) is 4. The Labute approximate surface area is 159 Å². The third-order valence-corrected chi connectivity index (χ3v) is 3.36. The molecule has 0 aliphatic heterocycles. The second kappa shape index (κ2) is 12.4. The first-order chi connectivity index (χ1) is 13.3. The van der Waals surface area contributed by atoms with E-state index in [1.807, 2.05) is 0 Å². The molecule has 0 aromatic heterocycles. The van der Waals surface area contributed by atoms with E-state index in [0.717, 1.165) is 0 Å². The Morgan fingerprint density at radius 3 is 2.11 bits per heavy atom. The highest BCUT2D eigenvalue weighted by molar-refractivity contribution is 6.06. The zero-order chi connectivity index (χ0) is 21.1. The molecule has 0 heterocycles. The molecule has 0 saturated heterocycles. The highest BCUT2D eigenvalue weighted by Crippen LogP contribution is 2.20. The van der Waals surface area contributed by atoms with Gasteiger partial charge >= 0.3 is 5.97 Å². The Bertz CT molecular complexity index is 662. The number of halogens is 4. The molecule has 0 amide bonds. The van der Waals surface area contributed by atoms with Gasteiger partial charge in [0.1, 0.15) is 12.2 Å². The summed E-state index contributed by atoms with van der Waals surface area (Å²) in [6, 6.07) is 0.0365. The van der Waals surface area contributed by atoms with E-state index >= 15 is 0 Å². The number of hydrogen-bond donors (Lipinski definition) is 0. The quantitative estimate of drug-likeness (QED) is 0.0725. The molecular weight excluding hydrogens is 388 g/mol. The predicted octanol–water partition coefficient (Wildman–Crippen LogP) is 3.51. The molecule has 28 heavy (non-hydrogen) atoms. The van der Waals surface area contributed by atoms with E-state index in [2.05, 4.69) is 0 Å². The van der Waals surface area contributed by atoms with E-state index in [4.69, 9.17) is 18.9 Å². The van der Waals surface area contributed by atoms with Crippen molar-refractivity contribution in [3.05, 3.63) is 34.9 Å². The van der Waals surface area contributed by atoms with Gasteiger partial charge in [0.25, 0.3) is 6.48 Å². The molecule has 0 unspecified atom stereocenters. The van der Waals surface area contributed by atoms with Gasteiger partial charge < -0.3 is 18.9 Å². The van der Waals surface area contributed by atoms with Crippen molar-refractivity contribution >= 4 is 11.8 Å². The summed E-state index contributed by atoms with van der Waals surface area (Å²) >= 11 is 0. The van der Waals surface area contributed by atoms with Crippen LogP contribution in [0.15, 0.2) is 6.07 Å². The molecule has 0 radical (unpaired) electrons. The van der Waals surface area contributed by atoms with Gasteiger partial charge in [0.05, 0.1) is 18.8 Å². The number of benzene rings is 1. The lowest BCUT2D eigenvalue weighted by molar-refractivity contribution is -0.284. The Hall–Kier alpha value is -2.04. The second-order valence-corrected chi connectivity index (χ2v) is 5.44. The highest BCUT2D eigenvalue weighted by atomic mass is 19.2. The topological polar surface area (TPSA) is 71.1 Å². The van der Waals surface area contributed by atoms with Crippen LogP contribution < -0.4 is 0 Å². The van der Waals surface area contributed by atoms with Crippen LogP contribution in [0.3, 0.4) is 0 Å². The van der Waals surface area contributed by atoms with Crippen LogP contribution in [0.5, 0.6) is 0 Å². The third-order valence-electron chi connectivity index (χ3n) is 3.36. The van der Waals surface area contributed by atoms with E-state index in [0.29, 0.717) is 26.1 Å². The van der Waals surface area contributed by atoms with Crippen LogP contribution in [0.25, 0.3) is 0 Å². The van der Waals surface area contributed by atoms with Gasteiger partial charge in [-0.15, -0.1) is 0 Å². The lowest BCUT2D eigenvalue weighted by Gasteiger charge is -2.16. The van der Waals surface area contributed by atoms with Crippen LogP contribution in [0.1, 0.15) is 43.5 Å². The van der Waals surface area contributed by atoms with Crippen molar-refractivity contribution < 1.29 is 46.1 Å². The summed E-state index contributed by atoms with van der Waals surface area (Å²) in [4.78, 5) is 23.4. The molecule has 1 aromatic rings. The van der Waals surface area contributed by atoms with Crippen LogP contribution in [-0.4, -0.2) is 44.7 Å². The molecule has 0 N–H and O–H groups in total. The first-order valence-electron chi connectivity index (χ1n) is 8.68. The van der Waals surface area contributed by atoms with E-state index in [9.17, 15) is 27.2 Å². The van der Waals surface area contributed by atoms with Gasteiger partial charge in [0.15, 0.2) is 23.2 Å². The van der Waals surface area contributed by atoms with Crippen LogP contribution in [0.2, 0.25) is 0 Å². The minimum absolute atomic E-state index is 0.0365. The van der Waals surface area contributed by atoms with E-state index in [-0.39, 0.29) is 19.3 Å². The van der Waals surface area contributed by atoms with Gasteiger partial charge in [0, 0.05) is 19.3 Å². The fourth-order valence-corrected chi connectivity index (χ4v) is 2.08. The van der Waals surface area contributed by atoms with Crippen molar-refractivity contribution in [3.63, 3.8) is 0 Å². The number of esters is 1. The first kappa shape index (κ1) is 24.0. The van der Waals surface area contributed by atoms with Gasteiger partial charge in [-0.1, -0.05) is 0 Å². The standard InChI is InChI=1S/C18H22F4O6/c1-3-25-18(26-4-2)28-8-6-5-7-27-14(24)10-13(23)15-11(19)9-12(20)16(21)17(15)22/h9,18H,3-8,10H2,1-2H3. The molecule has 10 heteroatoms. The molecule has 6 nitrogen and oxygen atoms in total. The monoisotopic (exact) mass is 410 g/mol. The van der Waals surface area contributed by atoms with Crippen LogP contribution in [-0.2, 0) is 23.7 Å². The summed E-state index contributed by atoms with van der Waals surface area (Å²) in [5, 5.41) is 0. The summed E-state index contributed by atoms with van der Waals surface area (Å²) in [6.45, 7) is 3.82. The Morgan fingerprint density at radius 2 is 1.50 bits per heavy atom. The first-order valence-corrected chi connectivity index (χ1v) is 8.68. The van der Waals surface area contributed by atoms with Crippen molar-refractivity contribution in [2.24, 2.45) is 0 Å².